The van der Waals surface area contributed by atoms with Crippen LogP contribution in [0.4, 0.5) is 0 Å². The van der Waals surface area contributed by atoms with Crippen molar-refractivity contribution in [3.8, 4) is 17.2 Å². The Morgan fingerprint density at radius 3 is 2.30 bits per heavy atom. The third-order valence-corrected chi connectivity index (χ3v) is 4.89. The molecule has 2 bridgehead atoms. The van der Waals surface area contributed by atoms with Gasteiger partial charge in [-0.2, -0.15) is 0 Å². The summed E-state index contributed by atoms with van der Waals surface area (Å²) in [7, 11) is 4.64. The molecule has 1 saturated carbocycles. The van der Waals surface area contributed by atoms with Gasteiger partial charge in [0.1, 0.15) is 5.75 Å². The van der Waals surface area contributed by atoms with Crippen LogP contribution in [0, 0.1) is 17.8 Å². The van der Waals surface area contributed by atoms with E-state index in [4.69, 9.17) is 14.2 Å². The Morgan fingerprint density at radius 2 is 1.74 bits per heavy atom. The molecule has 3 atom stereocenters. The molecule has 0 aliphatic heterocycles. The summed E-state index contributed by atoms with van der Waals surface area (Å²) in [6, 6.07) is 3.34. The Labute approximate surface area is 136 Å². The van der Waals surface area contributed by atoms with Crippen LogP contribution < -0.4 is 19.5 Å². The van der Waals surface area contributed by atoms with Gasteiger partial charge in [0.25, 0.3) is 5.91 Å². The van der Waals surface area contributed by atoms with Crippen LogP contribution >= 0.6 is 0 Å². The van der Waals surface area contributed by atoms with Gasteiger partial charge < -0.3 is 19.5 Å². The molecular weight excluding hydrogens is 294 g/mol. The summed E-state index contributed by atoms with van der Waals surface area (Å²) < 4.78 is 15.8. The Hall–Kier alpha value is -2.17. The second-order valence-electron chi connectivity index (χ2n) is 6.16. The van der Waals surface area contributed by atoms with Crippen LogP contribution in [0.2, 0.25) is 0 Å². The van der Waals surface area contributed by atoms with Crippen molar-refractivity contribution in [1.82, 2.24) is 5.32 Å². The topological polar surface area (TPSA) is 56.8 Å². The standard InChI is InChI=1S/C18H23NO4/c1-21-15-9-17(23-3)16(22-2)8-14(15)18(20)19-10-13-7-11-4-5-12(13)6-11/h4-5,8-9,11-13H,6-7,10H2,1-3H3,(H,19,20). The summed E-state index contributed by atoms with van der Waals surface area (Å²) in [5.41, 5.74) is 0.462. The number of fused-ring (bicyclic) bond motifs is 2. The van der Waals surface area contributed by atoms with E-state index in [9.17, 15) is 4.79 Å². The first-order chi connectivity index (χ1) is 11.2. The highest BCUT2D eigenvalue weighted by atomic mass is 16.5. The fraction of sp³-hybridized carbons (Fsp3) is 0.500. The highest BCUT2D eigenvalue weighted by Gasteiger charge is 2.35. The Morgan fingerprint density at radius 1 is 1.04 bits per heavy atom. The predicted octanol–water partition coefficient (Wildman–Crippen LogP) is 2.65. The zero-order valence-corrected chi connectivity index (χ0v) is 13.8. The van der Waals surface area contributed by atoms with Gasteiger partial charge in [-0.25, -0.2) is 0 Å². The Kier molecular flexibility index (Phi) is 4.46. The fourth-order valence-electron chi connectivity index (χ4n) is 3.65. The number of amides is 1. The minimum atomic E-state index is -0.144. The van der Waals surface area contributed by atoms with Gasteiger partial charge >= 0.3 is 0 Å². The number of nitrogens with one attached hydrogen (secondary N) is 1. The number of methoxy groups -OCH3 is 3. The second-order valence-corrected chi connectivity index (χ2v) is 6.16. The van der Waals surface area contributed by atoms with Gasteiger partial charge in [-0.15, -0.1) is 0 Å². The van der Waals surface area contributed by atoms with Crippen LogP contribution in [0.1, 0.15) is 23.2 Å². The molecule has 2 aliphatic rings. The number of benzene rings is 1. The van der Waals surface area contributed by atoms with Gasteiger partial charge in [0.2, 0.25) is 0 Å². The van der Waals surface area contributed by atoms with E-state index in [1.807, 2.05) is 0 Å². The maximum absolute atomic E-state index is 12.5. The third kappa shape index (κ3) is 3.00. The number of ether oxygens (including phenoxy) is 3. The minimum Gasteiger partial charge on any atom is -0.496 e. The summed E-state index contributed by atoms with van der Waals surface area (Å²) >= 11 is 0. The molecule has 5 heteroatoms. The van der Waals surface area contributed by atoms with Gasteiger partial charge in [-0.05, 0) is 30.6 Å². The number of hydrogen-bond donors (Lipinski definition) is 1. The molecule has 0 aromatic heterocycles. The molecule has 23 heavy (non-hydrogen) atoms. The first-order valence-corrected chi connectivity index (χ1v) is 7.92. The molecule has 124 valence electrons. The summed E-state index contributed by atoms with van der Waals surface area (Å²) in [5, 5.41) is 3.04. The van der Waals surface area contributed by atoms with E-state index in [1.54, 1.807) is 33.5 Å². The van der Waals surface area contributed by atoms with Crippen LogP contribution in [0.25, 0.3) is 0 Å². The molecule has 1 N–H and O–H groups in total. The predicted molar refractivity (Wildman–Crippen MR) is 87.3 cm³/mol. The first kappa shape index (κ1) is 15.7. The smallest absolute Gasteiger partial charge is 0.255 e. The molecule has 0 spiro atoms. The van der Waals surface area contributed by atoms with Crippen molar-refractivity contribution in [2.75, 3.05) is 27.9 Å². The lowest BCUT2D eigenvalue weighted by molar-refractivity contribution is 0.0941. The lowest BCUT2D eigenvalue weighted by Crippen LogP contribution is -2.31. The van der Waals surface area contributed by atoms with E-state index in [0.29, 0.717) is 47.1 Å². The second kappa shape index (κ2) is 6.52. The van der Waals surface area contributed by atoms with Crippen molar-refractivity contribution in [1.29, 1.82) is 0 Å². The zero-order chi connectivity index (χ0) is 16.4. The minimum absolute atomic E-state index is 0.144. The number of rotatable bonds is 6. The monoisotopic (exact) mass is 317 g/mol. The molecule has 3 unspecified atom stereocenters. The summed E-state index contributed by atoms with van der Waals surface area (Å²) in [5.74, 6) is 3.26. The molecule has 0 heterocycles. The van der Waals surface area contributed by atoms with E-state index in [0.717, 1.165) is 0 Å². The maximum Gasteiger partial charge on any atom is 0.255 e. The van der Waals surface area contributed by atoms with Crippen LogP contribution in [-0.2, 0) is 0 Å². The molecular formula is C18H23NO4. The molecule has 1 aromatic rings. The molecule has 0 radical (unpaired) electrons. The average Bonchev–Trinajstić information content (AvgIpc) is 3.21. The molecule has 1 fully saturated rings. The quantitative estimate of drug-likeness (QED) is 0.820. The lowest BCUT2D eigenvalue weighted by Gasteiger charge is -2.19. The molecule has 2 aliphatic carbocycles. The van der Waals surface area contributed by atoms with E-state index in [2.05, 4.69) is 17.5 Å². The molecule has 5 nitrogen and oxygen atoms in total. The van der Waals surface area contributed by atoms with Crippen LogP contribution in [0.5, 0.6) is 17.2 Å². The van der Waals surface area contributed by atoms with Gasteiger partial charge in [-0.1, -0.05) is 12.2 Å². The van der Waals surface area contributed by atoms with Crippen molar-refractivity contribution in [2.45, 2.75) is 12.8 Å². The third-order valence-electron chi connectivity index (χ3n) is 4.89. The normalized spacial score (nSPS) is 24.6. The number of carbonyl (C=O) groups excluding carboxylic acids is 1. The molecule has 1 aromatic carbocycles. The molecule has 1 amide bonds. The maximum atomic E-state index is 12.5. The number of carbonyl (C=O) groups is 1. The first-order valence-electron chi connectivity index (χ1n) is 7.92. The van der Waals surface area contributed by atoms with Crippen molar-refractivity contribution in [2.24, 2.45) is 17.8 Å². The van der Waals surface area contributed by atoms with E-state index >= 15 is 0 Å². The van der Waals surface area contributed by atoms with Gasteiger partial charge in [0, 0.05) is 18.7 Å². The summed E-state index contributed by atoms with van der Waals surface area (Å²) in [6.45, 7) is 0.696. The van der Waals surface area contributed by atoms with Crippen molar-refractivity contribution >= 4 is 5.91 Å². The lowest BCUT2D eigenvalue weighted by atomic mass is 9.93. The number of allylic oxidation sites excluding steroid dienone is 2. The fourth-order valence-corrected chi connectivity index (χ4v) is 3.65. The molecule has 3 rings (SSSR count). The van der Waals surface area contributed by atoms with Gasteiger partial charge in [0.05, 0.1) is 26.9 Å². The summed E-state index contributed by atoms with van der Waals surface area (Å²) in [6.07, 6.45) is 7.01. The molecule has 0 saturated heterocycles. The zero-order valence-electron chi connectivity index (χ0n) is 13.8. The Bertz CT molecular complexity index is 626. The van der Waals surface area contributed by atoms with Gasteiger partial charge in [-0.3, -0.25) is 4.79 Å². The summed E-state index contributed by atoms with van der Waals surface area (Å²) in [4.78, 5) is 12.5. The highest BCUT2D eigenvalue weighted by molar-refractivity contribution is 5.97. The van der Waals surface area contributed by atoms with Crippen molar-refractivity contribution in [3.05, 3.63) is 29.8 Å². The largest absolute Gasteiger partial charge is 0.496 e. The van der Waals surface area contributed by atoms with E-state index < -0.39 is 0 Å². The van der Waals surface area contributed by atoms with Crippen LogP contribution in [-0.4, -0.2) is 33.8 Å². The Balaban J connectivity index is 1.72. The van der Waals surface area contributed by atoms with Crippen molar-refractivity contribution in [3.63, 3.8) is 0 Å². The van der Waals surface area contributed by atoms with Crippen molar-refractivity contribution < 1.29 is 19.0 Å². The SMILES string of the molecule is COc1cc(OC)c(C(=O)NCC2CC3C=CC2C3)cc1OC. The van der Waals surface area contributed by atoms with Crippen LogP contribution in [0.3, 0.4) is 0 Å². The number of hydrogen-bond acceptors (Lipinski definition) is 4. The van der Waals surface area contributed by atoms with Crippen LogP contribution in [0.15, 0.2) is 24.3 Å². The van der Waals surface area contributed by atoms with Gasteiger partial charge in [0.15, 0.2) is 11.5 Å². The van der Waals surface area contributed by atoms with E-state index in [-0.39, 0.29) is 5.91 Å². The highest BCUT2D eigenvalue weighted by Crippen LogP contribution is 2.43. The van der Waals surface area contributed by atoms with E-state index in [1.165, 1.54) is 12.8 Å². The average molecular weight is 317 g/mol.